The first-order chi connectivity index (χ1) is 19.5. The molecule has 0 atom stereocenters. The number of rotatable bonds is 9. The van der Waals surface area contributed by atoms with Gasteiger partial charge in [0.1, 0.15) is 23.7 Å². The van der Waals surface area contributed by atoms with E-state index in [1.807, 2.05) is 18.2 Å². The van der Waals surface area contributed by atoms with Crippen molar-refractivity contribution in [2.45, 2.75) is 32.1 Å². The lowest BCUT2D eigenvalue weighted by Gasteiger charge is -2.50. The van der Waals surface area contributed by atoms with Gasteiger partial charge in [0, 0.05) is 29.8 Å². The SMILES string of the molecule is O=C(/C=C/CN1CCC1)Nc1cc2c(Nc3ccc(F)c(Cl)c3)ncnc2cc1OCC1CC2(CCNCC2)C1. The van der Waals surface area contributed by atoms with Crippen LogP contribution < -0.4 is 20.7 Å². The highest BCUT2D eigenvalue weighted by Crippen LogP contribution is 2.51. The molecule has 40 heavy (non-hydrogen) atoms. The number of anilines is 3. The molecular formula is C30H34ClFN6O2. The fourth-order valence-electron chi connectivity index (χ4n) is 6.01. The van der Waals surface area contributed by atoms with Crippen LogP contribution in [-0.4, -0.2) is 60.1 Å². The summed E-state index contributed by atoms with van der Waals surface area (Å²) >= 11 is 5.98. The van der Waals surface area contributed by atoms with Crippen molar-refractivity contribution in [2.75, 3.05) is 50.0 Å². The van der Waals surface area contributed by atoms with Gasteiger partial charge in [-0.3, -0.25) is 9.69 Å². The third-order valence-electron chi connectivity index (χ3n) is 8.34. The van der Waals surface area contributed by atoms with E-state index in [0.29, 0.717) is 51.8 Å². The summed E-state index contributed by atoms with van der Waals surface area (Å²) in [5.41, 5.74) is 2.27. The molecule has 3 heterocycles. The molecule has 3 aromatic rings. The van der Waals surface area contributed by atoms with Crippen LogP contribution in [0.2, 0.25) is 5.02 Å². The predicted octanol–water partition coefficient (Wildman–Crippen LogP) is 5.52. The summed E-state index contributed by atoms with van der Waals surface area (Å²) in [5.74, 6) is 0.872. The molecule has 1 spiro atoms. The molecule has 1 aromatic heterocycles. The smallest absolute Gasteiger partial charge is 0.248 e. The highest BCUT2D eigenvalue weighted by atomic mass is 35.5. The number of benzene rings is 2. The number of hydrogen-bond donors (Lipinski definition) is 3. The molecule has 0 unspecified atom stereocenters. The number of carbonyl (C=O) groups excluding carboxylic acids is 1. The zero-order chi connectivity index (χ0) is 27.5. The van der Waals surface area contributed by atoms with Crippen LogP contribution in [0.5, 0.6) is 5.75 Å². The van der Waals surface area contributed by atoms with E-state index in [1.54, 1.807) is 12.1 Å². The molecule has 210 valence electrons. The van der Waals surface area contributed by atoms with Crippen molar-refractivity contribution in [3.8, 4) is 5.75 Å². The number of nitrogens with zero attached hydrogens (tertiary/aromatic N) is 3. The molecule has 6 rings (SSSR count). The zero-order valence-corrected chi connectivity index (χ0v) is 23.1. The highest BCUT2D eigenvalue weighted by molar-refractivity contribution is 6.31. The number of likely N-dealkylation sites (tertiary alicyclic amines) is 1. The average molecular weight is 565 g/mol. The van der Waals surface area contributed by atoms with Crippen LogP contribution in [0, 0.1) is 17.2 Å². The minimum Gasteiger partial charge on any atom is -0.491 e. The summed E-state index contributed by atoms with van der Waals surface area (Å²) in [6.07, 6.45) is 11.0. The van der Waals surface area contributed by atoms with Gasteiger partial charge in [-0.05, 0) is 93.9 Å². The number of halogens is 2. The standard InChI is InChI=1S/C30H34ClFN6O2/c31-23-13-21(4-5-24(23)32)36-29-22-14-26(37-28(39)3-1-10-38-11-2-12-38)27(15-25(22)34-19-35-29)40-18-20-16-30(17-20)6-8-33-9-7-30/h1,3-5,13-15,19-20,33H,2,6-12,16-18H2,(H,37,39)(H,34,35,36)/b3-1+. The molecule has 2 aliphatic heterocycles. The van der Waals surface area contributed by atoms with Crippen molar-refractivity contribution >= 4 is 45.6 Å². The molecule has 2 saturated heterocycles. The molecule has 3 fully saturated rings. The molecule has 0 radical (unpaired) electrons. The first-order valence-corrected chi connectivity index (χ1v) is 14.4. The molecule has 8 nitrogen and oxygen atoms in total. The van der Waals surface area contributed by atoms with Crippen LogP contribution in [0.3, 0.4) is 0 Å². The van der Waals surface area contributed by atoms with Gasteiger partial charge in [0.05, 0.1) is 22.8 Å². The molecule has 10 heteroatoms. The van der Waals surface area contributed by atoms with Crippen LogP contribution in [0.15, 0.2) is 48.8 Å². The fourth-order valence-corrected chi connectivity index (χ4v) is 6.20. The second kappa shape index (κ2) is 11.7. The van der Waals surface area contributed by atoms with Crippen molar-refractivity contribution in [2.24, 2.45) is 11.3 Å². The maximum Gasteiger partial charge on any atom is 0.248 e. The second-order valence-electron chi connectivity index (χ2n) is 11.2. The maximum absolute atomic E-state index is 13.7. The van der Waals surface area contributed by atoms with Crippen LogP contribution in [0.25, 0.3) is 10.9 Å². The van der Waals surface area contributed by atoms with E-state index in [1.165, 1.54) is 50.6 Å². The molecule has 1 aliphatic carbocycles. The quantitative estimate of drug-likeness (QED) is 0.295. The Labute approximate surface area is 238 Å². The van der Waals surface area contributed by atoms with Crippen molar-refractivity contribution in [1.29, 1.82) is 0 Å². The Morgan fingerprint density at radius 2 is 2.02 bits per heavy atom. The molecule has 3 aliphatic rings. The Kier molecular flexibility index (Phi) is 7.87. The lowest BCUT2D eigenvalue weighted by molar-refractivity contribution is -0.111. The number of aromatic nitrogens is 2. The Balaban J connectivity index is 1.23. The monoisotopic (exact) mass is 564 g/mol. The van der Waals surface area contributed by atoms with E-state index in [9.17, 15) is 9.18 Å². The molecule has 1 amide bonds. The van der Waals surface area contributed by atoms with Crippen LogP contribution in [-0.2, 0) is 4.79 Å². The number of fused-ring (bicyclic) bond motifs is 1. The van der Waals surface area contributed by atoms with Gasteiger partial charge < -0.3 is 20.7 Å². The fraction of sp³-hybridized carbons (Fsp3) is 0.433. The average Bonchev–Trinajstić information content (AvgIpc) is 2.90. The summed E-state index contributed by atoms with van der Waals surface area (Å²) in [5, 5.41) is 10.4. The largest absolute Gasteiger partial charge is 0.491 e. The number of carbonyl (C=O) groups is 1. The van der Waals surface area contributed by atoms with Crippen molar-refractivity contribution < 1.29 is 13.9 Å². The predicted molar refractivity (Wildman–Crippen MR) is 156 cm³/mol. The molecular weight excluding hydrogens is 531 g/mol. The van der Waals surface area contributed by atoms with Gasteiger partial charge in [-0.25, -0.2) is 14.4 Å². The Morgan fingerprint density at radius 3 is 2.77 bits per heavy atom. The lowest BCUT2D eigenvalue weighted by Crippen LogP contribution is -2.46. The summed E-state index contributed by atoms with van der Waals surface area (Å²) in [7, 11) is 0. The van der Waals surface area contributed by atoms with Gasteiger partial charge in [-0.15, -0.1) is 0 Å². The van der Waals surface area contributed by atoms with Gasteiger partial charge >= 0.3 is 0 Å². The number of nitrogens with one attached hydrogen (secondary N) is 3. The van der Waals surface area contributed by atoms with Gasteiger partial charge in [0.25, 0.3) is 0 Å². The third-order valence-corrected chi connectivity index (χ3v) is 8.63. The first-order valence-electron chi connectivity index (χ1n) is 14.0. The van der Waals surface area contributed by atoms with Crippen LogP contribution in [0.1, 0.15) is 32.1 Å². The third kappa shape index (κ3) is 6.06. The van der Waals surface area contributed by atoms with Gasteiger partial charge in [-0.2, -0.15) is 0 Å². The lowest BCUT2D eigenvalue weighted by atomic mass is 9.58. The van der Waals surface area contributed by atoms with Crippen molar-refractivity contribution in [3.05, 3.63) is 59.7 Å². The van der Waals surface area contributed by atoms with E-state index in [4.69, 9.17) is 16.3 Å². The van der Waals surface area contributed by atoms with Crippen molar-refractivity contribution in [3.63, 3.8) is 0 Å². The number of piperidine rings is 1. The Morgan fingerprint density at radius 1 is 1.20 bits per heavy atom. The van der Waals surface area contributed by atoms with Gasteiger partial charge in [0.2, 0.25) is 5.91 Å². The van der Waals surface area contributed by atoms with Gasteiger partial charge in [-0.1, -0.05) is 17.7 Å². The number of amides is 1. The van der Waals surface area contributed by atoms with E-state index >= 15 is 0 Å². The normalized spacial score (nSPS) is 18.9. The first kappa shape index (κ1) is 26.9. The Bertz CT molecular complexity index is 1410. The van der Waals surface area contributed by atoms with Crippen LogP contribution in [0.4, 0.5) is 21.6 Å². The van der Waals surface area contributed by atoms with E-state index < -0.39 is 5.82 Å². The van der Waals surface area contributed by atoms with E-state index in [0.717, 1.165) is 32.7 Å². The second-order valence-corrected chi connectivity index (χ2v) is 11.6. The summed E-state index contributed by atoms with van der Waals surface area (Å²) < 4.78 is 20.0. The molecule has 0 bridgehead atoms. The minimum absolute atomic E-state index is 0.0132. The van der Waals surface area contributed by atoms with E-state index in [2.05, 4.69) is 30.8 Å². The van der Waals surface area contributed by atoms with E-state index in [-0.39, 0.29) is 10.9 Å². The maximum atomic E-state index is 13.7. The van der Waals surface area contributed by atoms with Crippen molar-refractivity contribution in [1.82, 2.24) is 20.2 Å². The number of ether oxygens (including phenoxy) is 1. The molecule has 3 N–H and O–H groups in total. The summed E-state index contributed by atoms with van der Waals surface area (Å²) in [4.78, 5) is 24.0. The number of hydrogen-bond acceptors (Lipinski definition) is 7. The minimum atomic E-state index is -0.494. The molecule has 2 aromatic carbocycles. The van der Waals surface area contributed by atoms with Gasteiger partial charge in [0.15, 0.2) is 0 Å². The summed E-state index contributed by atoms with van der Waals surface area (Å²) in [6.45, 7) is 5.69. The molecule has 1 saturated carbocycles. The zero-order valence-electron chi connectivity index (χ0n) is 22.4. The Hall–Kier alpha value is -3.27. The van der Waals surface area contributed by atoms with Crippen LogP contribution >= 0.6 is 11.6 Å². The topological polar surface area (TPSA) is 91.4 Å². The highest BCUT2D eigenvalue weighted by Gasteiger charge is 2.44. The summed E-state index contributed by atoms with van der Waals surface area (Å²) in [6, 6.07) is 8.06.